The first-order valence-corrected chi connectivity index (χ1v) is 10.8. The summed E-state index contributed by atoms with van der Waals surface area (Å²) in [5.74, 6) is 0.322. The monoisotopic (exact) mass is 436 g/mol. The van der Waals surface area contributed by atoms with Crippen LogP contribution < -0.4 is 10.0 Å². The highest BCUT2D eigenvalue weighted by atomic mass is 79.9. The summed E-state index contributed by atoms with van der Waals surface area (Å²) in [6, 6.07) is 16.4. The summed E-state index contributed by atoms with van der Waals surface area (Å²) in [6.07, 6.45) is 2.31. The van der Waals surface area contributed by atoms with Crippen molar-refractivity contribution in [2.24, 2.45) is 5.92 Å². The summed E-state index contributed by atoms with van der Waals surface area (Å²) >= 11 is 3.26. The SMILES string of the molecule is O=C(CCNS(=O)(=O)c1cccc(Br)c1)NC(c1ccccc1)C1CC1. The zero-order chi connectivity index (χ0) is 18.6. The highest BCUT2D eigenvalue weighted by molar-refractivity contribution is 9.10. The zero-order valence-corrected chi connectivity index (χ0v) is 16.6. The largest absolute Gasteiger partial charge is 0.349 e. The van der Waals surface area contributed by atoms with Crippen molar-refractivity contribution in [3.8, 4) is 0 Å². The maximum atomic E-state index is 12.3. The van der Waals surface area contributed by atoms with Crippen LogP contribution in [0.1, 0.15) is 30.9 Å². The first kappa shape index (κ1) is 19.1. The molecule has 1 unspecified atom stereocenters. The van der Waals surface area contributed by atoms with Gasteiger partial charge in [0, 0.05) is 17.4 Å². The van der Waals surface area contributed by atoms with Gasteiger partial charge < -0.3 is 5.32 Å². The quantitative estimate of drug-likeness (QED) is 0.665. The lowest BCUT2D eigenvalue weighted by Crippen LogP contribution is -2.33. The Morgan fingerprint density at radius 2 is 1.85 bits per heavy atom. The van der Waals surface area contributed by atoms with Crippen LogP contribution in [-0.2, 0) is 14.8 Å². The van der Waals surface area contributed by atoms with Gasteiger partial charge in [-0.15, -0.1) is 0 Å². The van der Waals surface area contributed by atoms with Gasteiger partial charge in [-0.2, -0.15) is 0 Å². The second kappa shape index (κ2) is 8.33. The van der Waals surface area contributed by atoms with E-state index in [4.69, 9.17) is 0 Å². The molecular formula is C19H21BrN2O3S. The number of rotatable bonds is 8. The van der Waals surface area contributed by atoms with Crippen molar-refractivity contribution in [3.63, 3.8) is 0 Å². The highest BCUT2D eigenvalue weighted by Crippen LogP contribution is 2.40. The Labute approximate surface area is 162 Å². The number of benzene rings is 2. The van der Waals surface area contributed by atoms with E-state index in [1.807, 2.05) is 30.3 Å². The number of amides is 1. The van der Waals surface area contributed by atoms with Crippen LogP contribution in [0.4, 0.5) is 0 Å². The molecule has 0 aliphatic heterocycles. The maximum Gasteiger partial charge on any atom is 0.240 e. The molecule has 1 amide bonds. The molecule has 7 heteroatoms. The molecule has 0 spiro atoms. The Hall–Kier alpha value is -1.70. The van der Waals surface area contributed by atoms with E-state index < -0.39 is 10.0 Å². The number of hydrogen-bond donors (Lipinski definition) is 2. The molecule has 1 fully saturated rings. The average molecular weight is 437 g/mol. The van der Waals surface area contributed by atoms with Crippen LogP contribution in [0.3, 0.4) is 0 Å². The normalized spacial score (nSPS) is 15.4. The van der Waals surface area contributed by atoms with Gasteiger partial charge in [-0.05, 0) is 42.5 Å². The molecule has 0 saturated heterocycles. The first-order chi connectivity index (χ1) is 12.5. The summed E-state index contributed by atoms with van der Waals surface area (Å²) in [5.41, 5.74) is 1.10. The zero-order valence-electron chi connectivity index (χ0n) is 14.2. The molecule has 138 valence electrons. The van der Waals surface area contributed by atoms with Crippen LogP contribution in [0.25, 0.3) is 0 Å². The summed E-state index contributed by atoms with van der Waals surface area (Å²) in [5, 5.41) is 3.05. The predicted molar refractivity (Wildman–Crippen MR) is 104 cm³/mol. The molecule has 1 aliphatic carbocycles. The fourth-order valence-electron chi connectivity index (χ4n) is 2.83. The second-order valence-electron chi connectivity index (χ2n) is 6.40. The number of hydrogen-bond acceptors (Lipinski definition) is 3. The Morgan fingerprint density at radius 1 is 1.12 bits per heavy atom. The number of halogens is 1. The van der Waals surface area contributed by atoms with Crippen molar-refractivity contribution >= 4 is 31.9 Å². The molecule has 1 atom stereocenters. The van der Waals surface area contributed by atoms with E-state index in [1.54, 1.807) is 12.1 Å². The average Bonchev–Trinajstić information content (AvgIpc) is 3.45. The van der Waals surface area contributed by atoms with Crippen molar-refractivity contribution in [3.05, 3.63) is 64.6 Å². The second-order valence-corrected chi connectivity index (χ2v) is 9.08. The van der Waals surface area contributed by atoms with Gasteiger partial charge in [0.2, 0.25) is 15.9 Å². The minimum atomic E-state index is -3.62. The Morgan fingerprint density at radius 3 is 2.50 bits per heavy atom. The smallest absolute Gasteiger partial charge is 0.240 e. The van der Waals surface area contributed by atoms with Crippen LogP contribution in [-0.4, -0.2) is 20.9 Å². The third kappa shape index (κ3) is 5.16. The standard InChI is InChI=1S/C19H21BrN2O3S/c20-16-7-4-8-17(13-16)26(24,25)21-12-11-18(23)22-19(15-9-10-15)14-5-2-1-3-6-14/h1-8,13,15,19,21H,9-12H2,(H,22,23). The van der Waals surface area contributed by atoms with E-state index in [9.17, 15) is 13.2 Å². The van der Waals surface area contributed by atoms with E-state index in [1.165, 1.54) is 12.1 Å². The van der Waals surface area contributed by atoms with Gasteiger partial charge in [0.15, 0.2) is 0 Å². The molecule has 5 nitrogen and oxygen atoms in total. The fraction of sp³-hybridized carbons (Fsp3) is 0.316. The van der Waals surface area contributed by atoms with Crippen LogP contribution in [0.2, 0.25) is 0 Å². The van der Waals surface area contributed by atoms with Crippen LogP contribution in [0, 0.1) is 5.92 Å². The van der Waals surface area contributed by atoms with Crippen LogP contribution in [0.15, 0.2) is 64.0 Å². The lowest BCUT2D eigenvalue weighted by Gasteiger charge is -2.19. The van der Waals surface area contributed by atoms with Gasteiger partial charge in [0.25, 0.3) is 0 Å². The highest BCUT2D eigenvalue weighted by Gasteiger charge is 2.33. The summed E-state index contributed by atoms with van der Waals surface area (Å²) in [6.45, 7) is 0.0624. The first-order valence-electron chi connectivity index (χ1n) is 8.55. The van der Waals surface area contributed by atoms with E-state index in [2.05, 4.69) is 26.0 Å². The van der Waals surface area contributed by atoms with Gasteiger partial charge in [-0.1, -0.05) is 52.3 Å². The van der Waals surface area contributed by atoms with Gasteiger partial charge in [-0.3, -0.25) is 4.79 Å². The third-order valence-corrected chi connectivity index (χ3v) is 6.27. The summed E-state index contributed by atoms with van der Waals surface area (Å²) in [4.78, 5) is 12.5. The van der Waals surface area contributed by atoms with Crippen molar-refractivity contribution in [2.75, 3.05) is 6.54 Å². The topological polar surface area (TPSA) is 75.3 Å². The Kier molecular flexibility index (Phi) is 6.11. The molecular weight excluding hydrogens is 416 g/mol. The molecule has 0 heterocycles. The molecule has 0 radical (unpaired) electrons. The summed E-state index contributed by atoms with van der Waals surface area (Å²) < 4.78 is 27.7. The lowest BCUT2D eigenvalue weighted by molar-refractivity contribution is -0.121. The molecule has 1 aliphatic rings. The summed E-state index contributed by atoms with van der Waals surface area (Å²) in [7, 11) is -3.62. The van der Waals surface area contributed by atoms with Crippen LogP contribution >= 0.6 is 15.9 Å². The van der Waals surface area contributed by atoms with Crippen molar-refractivity contribution in [1.82, 2.24) is 10.0 Å². The van der Waals surface area contributed by atoms with Gasteiger partial charge in [0.05, 0.1) is 10.9 Å². The molecule has 2 aromatic rings. The van der Waals surface area contributed by atoms with Crippen molar-refractivity contribution in [1.29, 1.82) is 0 Å². The van der Waals surface area contributed by atoms with Gasteiger partial charge in [-0.25, -0.2) is 13.1 Å². The number of carbonyl (C=O) groups is 1. The molecule has 1 saturated carbocycles. The van der Waals surface area contributed by atoms with E-state index in [0.29, 0.717) is 10.4 Å². The molecule has 0 aromatic heterocycles. The fourth-order valence-corrected chi connectivity index (χ4v) is 4.45. The van der Waals surface area contributed by atoms with E-state index in [0.717, 1.165) is 18.4 Å². The lowest BCUT2D eigenvalue weighted by atomic mass is 10.0. The van der Waals surface area contributed by atoms with Crippen LogP contribution in [0.5, 0.6) is 0 Å². The Bertz CT molecular complexity index is 867. The minimum absolute atomic E-state index is 0.00499. The van der Waals surface area contributed by atoms with Gasteiger partial charge >= 0.3 is 0 Å². The molecule has 3 rings (SSSR count). The molecule has 0 bridgehead atoms. The van der Waals surface area contributed by atoms with Crippen molar-refractivity contribution in [2.45, 2.75) is 30.2 Å². The molecule has 2 aromatic carbocycles. The molecule has 26 heavy (non-hydrogen) atoms. The molecule has 2 N–H and O–H groups in total. The minimum Gasteiger partial charge on any atom is -0.349 e. The van der Waals surface area contributed by atoms with E-state index >= 15 is 0 Å². The van der Waals surface area contributed by atoms with Gasteiger partial charge in [0.1, 0.15) is 0 Å². The number of sulfonamides is 1. The maximum absolute atomic E-state index is 12.3. The van der Waals surface area contributed by atoms with Crippen molar-refractivity contribution < 1.29 is 13.2 Å². The third-order valence-electron chi connectivity index (χ3n) is 4.32. The predicted octanol–water partition coefficient (Wildman–Crippen LogP) is 3.39. The number of nitrogens with one attached hydrogen (secondary N) is 2. The Balaban J connectivity index is 1.54. The number of carbonyl (C=O) groups excluding carboxylic acids is 1. The van der Waals surface area contributed by atoms with E-state index in [-0.39, 0.29) is 29.8 Å².